The van der Waals surface area contributed by atoms with Gasteiger partial charge in [0.1, 0.15) is 5.69 Å². The van der Waals surface area contributed by atoms with Crippen LogP contribution >= 0.6 is 15.9 Å². The molecule has 0 radical (unpaired) electrons. The standard InChI is InChI=1S/C14H23BrN2O/c1-5-7-16(8-6-2)14(18)13-9-12(15)10-17(13)11(3)4/h9-11H,5-8H2,1-4H3. The molecule has 102 valence electrons. The maximum atomic E-state index is 12.5. The maximum absolute atomic E-state index is 12.5. The largest absolute Gasteiger partial charge is 0.340 e. The lowest BCUT2D eigenvalue weighted by molar-refractivity contribution is 0.0743. The summed E-state index contributed by atoms with van der Waals surface area (Å²) < 4.78 is 3.00. The number of halogens is 1. The molecule has 1 rings (SSSR count). The second kappa shape index (κ2) is 6.98. The molecule has 0 fully saturated rings. The average molecular weight is 315 g/mol. The molecular weight excluding hydrogens is 292 g/mol. The Morgan fingerprint density at radius 3 is 2.33 bits per heavy atom. The average Bonchev–Trinajstić information content (AvgIpc) is 2.70. The van der Waals surface area contributed by atoms with Gasteiger partial charge in [0.15, 0.2) is 0 Å². The van der Waals surface area contributed by atoms with Crippen molar-refractivity contribution < 1.29 is 4.79 Å². The van der Waals surface area contributed by atoms with Crippen LogP contribution in [0.1, 0.15) is 57.1 Å². The van der Waals surface area contributed by atoms with E-state index in [9.17, 15) is 4.79 Å². The van der Waals surface area contributed by atoms with E-state index < -0.39 is 0 Å². The van der Waals surface area contributed by atoms with E-state index in [4.69, 9.17) is 0 Å². The van der Waals surface area contributed by atoms with Crippen LogP contribution in [0.2, 0.25) is 0 Å². The minimum Gasteiger partial charge on any atom is -0.340 e. The fraction of sp³-hybridized carbons (Fsp3) is 0.643. The third kappa shape index (κ3) is 3.61. The Morgan fingerprint density at radius 2 is 1.89 bits per heavy atom. The minimum atomic E-state index is 0.137. The van der Waals surface area contributed by atoms with Crippen molar-refractivity contribution in [3.05, 3.63) is 22.4 Å². The quantitative estimate of drug-likeness (QED) is 0.776. The van der Waals surface area contributed by atoms with Gasteiger partial charge in [0.05, 0.1) is 0 Å². The molecule has 0 saturated heterocycles. The Kier molecular flexibility index (Phi) is 5.93. The third-order valence-electron chi connectivity index (χ3n) is 2.86. The molecule has 3 nitrogen and oxygen atoms in total. The molecule has 0 aliphatic heterocycles. The first-order valence-corrected chi connectivity index (χ1v) is 7.47. The molecule has 0 spiro atoms. The van der Waals surface area contributed by atoms with Gasteiger partial charge in [-0.15, -0.1) is 0 Å². The summed E-state index contributed by atoms with van der Waals surface area (Å²) in [5, 5.41) is 0. The van der Waals surface area contributed by atoms with E-state index in [1.165, 1.54) is 0 Å². The van der Waals surface area contributed by atoms with E-state index in [2.05, 4.69) is 43.6 Å². The van der Waals surface area contributed by atoms with E-state index in [1.54, 1.807) is 0 Å². The van der Waals surface area contributed by atoms with Crippen LogP contribution in [0, 0.1) is 0 Å². The first kappa shape index (κ1) is 15.3. The lowest BCUT2D eigenvalue weighted by Crippen LogP contribution is -2.34. The number of aromatic nitrogens is 1. The second-order valence-corrected chi connectivity index (χ2v) is 5.75. The first-order valence-electron chi connectivity index (χ1n) is 6.67. The van der Waals surface area contributed by atoms with Gasteiger partial charge in [0.25, 0.3) is 5.91 Å². The molecular formula is C14H23BrN2O. The van der Waals surface area contributed by atoms with Gasteiger partial charge in [-0.2, -0.15) is 0 Å². The summed E-state index contributed by atoms with van der Waals surface area (Å²) in [6.07, 6.45) is 3.97. The molecule has 4 heteroatoms. The molecule has 18 heavy (non-hydrogen) atoms. The Bertz CT molecular complexity index is 392. The van der Waals surface area contributed by atoms with E-state index >= 15 is 0 Å². The number of carbonyl (C=O) groups excluding carboxylic acids is 1. The monoisotopic (exact) mass is 314 g/mol. The van der Waals surface area contributed by atoms with Crippen molar-refractivity contribution in [1.82, 2.24) is 9.47 Å². The van der Waals surface area contributed by atoms with E-state index in [-0.39, 0.29) is 5.91 Å². The van der Waals surface area contributed by atoms with Crippen LogP contribution in [0.25, 0.3) is 0 Å². The van der Waals surface area contributed by atoms with Crippen LogP contribution in [0.3, 0.4) is 0 Å². The number of nitrogens with zero attached hydrogens (tertiary/aromatic N) is 2. The van der Waals surface area contributed by atoms with Gasteiger partial charge >= 0.3 is 0 Å². The zero-order valence-corrected chi connectivity index (χ0v) is 13.3. The molecule has 1 amide bonds. The van der Waals surface area contributed by atoms with E-state index in [1.807, 2.05) is 21.7 Å². The van der Waals surface area contributed by atoms with Gasteiger partial charge in [0.2, 0.25) is 0 Å². The van der Waals surface area contributed by atoms with Crippen LogP contribution in [0.5, 0.6) is 0 Å². The van der Waals surface area contributed by atoms with Crippen molar-refractivity contribution in [2.75, 3.05) is 13.1 Å². The summed E-state index contributed by atoms with van der Waals surface area (Å²) in [6, 6.07) is 2.21. The molecule has 0 N–H and O–H groups in total. The van der Waals surface area contributed by atoms with Crippen LogP contribution in [0.15, 0.2) is 16.7 Å². The Balaban J connectivity index is 3.00. The Hall–Kier alpha value is -0.770. The van der Waals surface area contributed by atoms with Crippen molar-refractivity contribution in [3.8, 4) is 0 Å². The number of carbonyl (C=O) groups is 1. The zero-order chi connectivity index (χ0) is 13.7. The highest BCUT2D eigenvalue weighted by Crippen LogP contribution is 2.21. The normalized spacial score (nSPS) is 11.0. The highest BCUT2D eigenvalue weighted by atomic mass is 79.9. The van der Waals surface area contributed by atoms with Crippen LogP contribution in [0.4, 0.5) is 0 Å². The zero-order valence-electron chi connectivity index (χ0n) is 11.7. The van der Waals surface area contributed by atoms with Crippen molar-refractivity contribution in [2.45, 2.75) is 46.6 Å². The molecule has 1 aromatic rings. The van der Waals surface area contributed by atoms with E-state index in [0.717, 1.165) is 36.1 Å². The molecule has 0 aliphatic carbocycles. The highest BCUT2D eigenvalue weighted by Gasteiger charge is 2.19. The lowest BCUT2D eigenvalue weighted by Gasteiger charge is -2.23. The molecule has 0 aromatic carbocycles. The van der Waals surface area contributed by atoms with Gasteiger partial charge in [0, 0.05) is 29.8 Å². The number of hydrogen-bond acceptors (Lipinski definition) is 1. The van der Waals surface area contributed by atoms with Gasteiger partial charge in [-0.1, -0.05) is 13.8 Å². The SMILES string of the molecule is CCCN(CCC)C(=O)c1cc(Br)cn1C(C)C. The van der Waals surface area contributed by atoms with Crippen molar-refractivity contribution >= 4 is 21.8 Å². The van der Waals surface area contributed by atoms with Crippen molar-refractivity contribution in [1.29, 1.82) is 0 Å². The highest BCUT2D eigenvalue weighted by molar-refractivity contribution is 9.10. The second-order valence-electron chi connectivity index (χ2n) is 4.84. The van der Waals surface area contributed by atoms with Gasteiger partial charge in [-0.25, -0.2) is 0 Å². The summed E-state index contributed by atoms with van der Waals surface area (Å²) in [5.74, 6) is 0.137. The van der Waals surface area contributed by atoms with Crippen LogP contribution < -0.4 is 0 Å². The summed E-state index contributed by atoms with van der Waals surface area (Å²) in [6.45, 7) is 10.0. The summed E-state index contributed by atoms with van der Waals surface area (Å²) >= 11 is 3.46. The Labute approximate surface area is 118 Å². The molecule has 0 aliphatic rings. The molecule has 1 aromatic heterocycles. The summed E-state index contributed by atoms with van der Waals surface area (Å²) in [7, 11) is 0. The van der Waals surface area contributed by atoms with Gasteiger partial charge in [-0.05, 0) is 48.7 Å². The minimum absolute atomic E-state index is 0.137. The predicted octanol–water partition coefficient (Wildman–Crippen LogP) is 4.09. The van der Waals surface area contributed by atoms with Crippen molar-refractivity contribution in [2.24, 2.45) is 0 Å². The maximum Gasteiger partial charge on any atom is 0.270 e. The molecule has 0 unspecified atom stereocenters. The number of rotatable bonds is 6. The Morgan fingerprint density at radius 1 is 1.33 bits per heavy atom. The molecule has 0 bridgehead atoms. The van der Waals surface area contributed by atoms with Gasteiger partial charge < -0.3 is 9.47 Å². The molecule has 0 saturated carbocycles. The summed E-state index contributed by atoms with van der Waals surface area (Å²) in [5.41, 5.74) is 0.777. The topological polar surface area (TPSA) is 25.2 Å². The third-order valence-corrected chi connectivity index (χ3v) is 3.30. The first-order chi connectivity index (χ1) is 8.51. The molecule has 1 heterocycles. The van der Waals surface area contributed by atoms with Crippen LogP contribution in [-0.2, 0) is 0 Å². The number of amides is 1. The predicted molar refractivity (Wildman–Crippen MR) is 79.0 cm³/mol. The van der Waals surface area contributed by atoms with Crippen molar-refractivity contribution in [3.63, 3.8) is 0 Å². The van der Waals surface area contributed by atoms with Gasteiger partial charge in [-0.3, -0.25) is 4.79 Å². The summed E-state index contributed by atoms with van der Waals surface area (Å²) in [4.78, 5) is 14.5. The van der Waals surface area contributed by atoms with E-state index in [0.29, 0.717) is 6.04 Å². The fourth-order valence-corrected chi connectivity index (χ4v) is 2.50. The smallest absolute Gasteiger partial charge is 0.270 e. The number of hydrogen-bond donors (Lipinski definition) is 0. The van der Waals surface area contributed by atoms with Crippen LogP contribution in [-0.4, -0.2) is 28.5 Å². The molecule has 0 atom stereocenters. The fourth-order valence-electron chi connectivity index (χ4n) is 2.06. The lowest BCUT2D eigenvalue weighted by atomic mass is 10.3.